The number of hydrogen-bond donors (Lipinski definition) is 1. The van der Waals surface area contributed by atoms with E-state index in [4.69, 9.17) is 4.74 Å². The maximum Gasteiger partial charge on any atom is 0.246 e. The first-order chi connectivity index (χ1) is 11.0. The Bertz CT molecular complexity index is 652. The number of amides is 1. The number of anilines is 1. The minimum absolute atomic E-state index is 0.121. The highest BCUT2D eigenvalue weighted by Crippen LogP contribution is 2.31. The summed E-state index contributed by atoms with van der Waals surface area (Å²) in [6.07, 6.45) is 2.88. The maximum atomic E-state index is 12.8. The average molecular weight is 340 g/mol. The second kappa shape index (κ2) is 7.79. The molecule has 1 heterocycles. The molecule has 6 nitrogen and oxygen atoms in total. The summed E-state index contributed by atoms with van der Waals surface area (Å²) in [6.45, 7) is 5.16. The molecule has 0 aromatic heterocycles. The molecule has 0 saturated carbocycles. The minimum atomic E-state index is -3.61. The summed E-state index contributed by atoms with van der Waals surface area (Å²) in [5.74, 6) is 0.203. The topological polar surface area (TPSA) is 75.7 Å². The normalized spacial score (nSPS) is 15.6. The molecule has 23 heavy (non-hydrogen) atoms. The van der Waals surface area contributed by atoms with Gasteiger partial charge in [-0.3, -0.25) is 4.79 Å². The molecule has 1 aromatic carbocycles. The Kier molecular flexibility index (Phi) is 6.01. The first-order valence-corrected chi connectivity index (χ1v) is 9.50. The van der Waals surface area contributed by atoms with Gasteiger partial charge in [-0.15, -0.1) is 0 Å². The lowest BCUT2D eigenvalue weighted by atomic mass is 10.2. The van der Waals surface area contributed by atoms with Crippen LogP contribution in [0.15, 0.2) is 23.1 Å². The molecule has 0 aliphatic carbocycles. The fourth-order valence-corrected chi connectivity index (χ4v) is 4.25. The first-order valence-electron chi connectivity index (χ1n) is 8.06. The number of carbonyl (C=O) groups is 1. The van der Waals surface area contributed by atoms with Crippen LogP contribution in [0.3, 0.4) is 0 Å². The second-order valence-corrected chi connectivity index (χ2v) is 7.41. The Morgan fingerprint density at radius 1 is 1.26 bits per heavy atom. The Morgan fingerprint density at radius 3 is 2.57 bits per heavy atom. The number of hydrogen-bond acceptors (Lipinski definition) is 4. The number of benzene rings is 1. The molecular formula is C16H24N2O4S. The van der Waals surface area contributed by atoms with Gasteiger partial charge in [-0.05, 0) is 44.4 Å². The van der Waals surface area contributed by atoms with E-state index in [0.717, 1.165) is 19.3 Å². The van der Waals surface area contributed by atoms with Crippen molar-refractivity contribution in [2.75, 3.05) is 25.0 Å². The molecule has 0 atom stereocenters. The SMILES string of the molecule is CCCC(=O)Nc1ccc(OCC)c(S(=O)(=O)N2CCCC2)c1. The number of carbonyl (C=O) groups excluding carboxylic acids is 1. The van der Waals surface area contributed by atoms with Crippen LogP contribution in [-0.2, 0) is 14.8 Å². The van der Waals surface area contributed by atoms with Gasteiger partial charge in [-0.2, -0.15) is 4.31 Å². The van der Waals surface area contributed by atoms with Crippen LogP contribution in [0.25, 0.3) is 0 Å². The van der Waals surface area contributed by atoms with E-state index >= 15 is 0 Å². The summed E-state index contributed by atoms with van der Waals surface area (Å²) in [6, 6.07) is 4.77. The smallest absolute Gasteiger partial charge is 0.246 e. The third kappa shape index (κ3) is 4.23. The van der Waals surface area contributed by atoms with E-state index in [1.165, 1.54) is 10.4 Å². The van der Waals surface area contributed by atoms with Crippen LogP contribution in [0.5, 0.6) is 5.75 Å². The highest BCUT2D eigenvalue weighted by atomic mass is 32.2. The third-order valence-corrected chi connectivity index (χ3v) is 5.61. The van der Waals surface area contributed by atoms with Crippen LogP contribution in [0.2, 0.25) is 0 Å². The number of rotatable bonds is 7. The molecule has 0 bridgehead atoms. The second-order valence-electron chi connectivity index (χ2n) is 5.50. The van der Waals surface area contributed by atoms with Crippen molar-refractivity contribution < 1.29 is 17.9 Å². The largest absolute Gasteiger partial charge is 0.492 e. The zero-order chi connectivity index (χ0) is 16.9. The lowest BCUT2D eigenvalue weighted by molar-refractivity contribution is -0.116. The fourth-order valence-electron chi connectivity index (χ4n) is 2.58. The summed E-state index contributed by atoms with van der Waals surface area (Å²) in [4.78, 5) is 11.9. The molecule has 1 aliphatic rings. The number of ether oxygens (including phenoxy) is 1. The summed E-state index contributed by atoms with van der Waals surface area (Å²) in [5.41, 5.74) is 0.477. The molecule has 1 aliphatic heterocycles. The molecular weight excluding hydrogens is 316 g/mol. The Hall–Kier alpha value is -1.60. The van der Waals surface area contributed by atoms with Crippen LogP contribution in [0.1, 0.15) is 39.5 Å². The minimum Gasteiger partial charge on any atom is -0.492 e. The molecule has 0 radical (unpaired) electrons. The van der Waals surface area contributed by atoms with Gasteiger partial charge in [0.1, 0.15) is 10.6 Å². The van der Waals surface area contributed by atoms with E-state index in [1.54, 1.807) is 12.1 Å². The van der Waals surface area contributed by atoms with Gasteiger partial charge in [0, 0.05) is 25.2 Å². The van der Waals surface area contributed by atoms with Crippen LogP contribution >= 0.6 is 0 Å². The number of sulfonamides is 1. The van der Waals surface area contributed by atoms with Crippen molar-refractivity contribution >= 4 is 21.6 Å². The number of nitrogens with zero attached hydrogens (tertiary/aromatic N) is 1. The van der Waals surface area contributed by atoms with Crippen molar-refractivity contribution in [1.82, 2.24) is 4.31 Å². The van der Waals surface area contributed by atoms with Crippen molar-refractivity contribution in [2.24, 2.45) is 0 Å². The third-order valence-electron chi connectivity index (χ3n) is 3.69. The molecule has 0 spiro atoms. The highest BCUT2D eigenvalue weighted by Gasteiger charge is 2.30. The Morgan fingerprint density at radius 2 is 1.96 bits per heavy atom. The zero-order valence-corrected chi connectivity index (χ0v) is 14.5. The molecule has 1 fully saturated rings. The molecule has 1 N–H and O–H groups in total. The van der Waals surface area contributed by atoms with Gasteiger partial charge >= 0.3 is 0 Å². The van der Waals surface area contributed by atoms with Gasteiger partial charge in [0.2, 0.25) is 15.9 Å². The van der Waals surface area contributed by atoms with Crippen LogP contribution in [-0.4, -0.2) is 38.3 Å². The quantitative estimate of drug-likeness (QED) is 0.828. The van der Waals surface area contributed by atoms with Crippen molar-refractivity contribution in [3.8, 4) is 5.75 Å². The van der Waals surface area contributed by atoms with Crippen LogP contribution in [0.4, 0.5) is 5.69 Å². The highest BCUT2D eigenvalue weighted by molar-refractivity contribution is 7.89. The Labute approximate surface area is 137 Å². The molecule has 7 heteroatoms. The van der Waals surface area contributed by atoms with E-state index in [1.807, 2.05) is 13.8 Å². The predicted molar refractivity (Wildman–Crippen MR) is 89.1 cm³/mol. The molecule has 2 rings (SSSR count). The maximum absolute atomic E-state index is 12.8. The molecule has 1 amide bonds. The molecule has 1 saturated heterocycles. The number of nitrogens with one attached hydrogen (secondary N) is 1. The van der Waals surface area contributed by atoms with E-state index in [0.29, 0.717) is 37.6 Å². The van der Waals surface area contributed by atoms with Crippen molar-refractivity contribution in [1.29, 1.82) is 0 Å². The van der Waals surface area contributed by atoms with Crippen molar-refractivity contribution in [3.63, 3.8) is 0 Å². The molecule has 0 unspecified atom stereocenters. The monoisotopic (exact) mass is 340 g/mol. The van der Waals surface area contributed by atoms with E-state index in [2.05, 4.69) is 5.32 Å². The van der Waals surface area contributed by atoms with Gasteiger partial charge in [0.05, 0.1) is 6.61 Å². The van der Waals surface area contributed by atoms with Crippen molar-refractivity contribution in [3.05, 3.63) is 18.2 Å². The summed E-state index contributed by atoms with van der Waals surface area (Å²) in [5, 5.41) is 2.74. The van der Waals surface area contributed by atoms with Gasteiger partial charge in [0.15, 0.2) is 0 Å². The van der Waals surface area contributed by atoms with Gasteiger partial charge in [-0.1, -0.05) is 6.92 Å². The van der Waals surface area contributed by atoms with Crippen molar-refractivity contribution in [2.45, 2.75) is 44.4 Å². The van der Waals surface area contributed by atoms with Gasteiger partial charge in [0.25, 0.3) is 0 Å². The lowest BCUT2D eigenvalue weighted by Gasteiger charge is -2.19. The van der Waals surface area contributed by atoms with Gasteiger partial charge in [-0.25, -0.2) is 8.42 Å². The van der Waals surface area contributed by atoms with Crippen LogP contribution < -0.4 is 10.1 Å². The summed E-state index contributed by atoms with van der Waals surface area (Å²) in [7, 11) is -3.61. The Balaban J connectivity index is 2.35. The average Bonchev–Trinajstić information content (AvgIpc) is 3.04. The zero-order valence-electron chi connectivity index (χ0n) is 13.7. The molecule has 128 valence electrons. The molecule has 1 aromatic rings. The summed E-state index contributed by atoms with van der Waals surface area (Å²) >= 11 is 0. The van der Waals surface area contributed by atoms with Crippen LogP contribution in [0, 0.1) is 0 Å². The van der Waals surface area contributed by atoms with E-state index in [9.17, 15) is 13.2 Å². The predicted octanol–water partition coefficient (Wildman–Crippen LogP) is 2.61. The van der Waals surface area contributed by atoms with Gasteiger partial charge < -0.3 is 10.1 Å². The fraction of sp³-hybridized carbons (Fsp3) is 0.562. The standard InChI is InChI=1S/C16H24N2O4S/c1-3-7-16(19)17-13-8-9-14(22-4-2)15(12-13)23(20,21)18-10-5-6-11-18/h8-9,12H,3-7,10-11H2,1-2H3,(H,17,19). The van der Waals surface area contributed by atoms with E-state index < -0.39 is 10.0 Å². The first kappa shape index (κ1) is 17.7. The van der Waals surface area contributed by atoms with E-state index in [-0.39, 0.29) is 10.8 Å². The summed E-state index contributed by atoms with van der Waals surface area (Å²) < 4.78 is 32.6. The lowest BCUT2D eigenvalue weighted by Crippen LogP contribution is -2.28.